The van der Waals surface area contributed by atoms with E-state index in [0.29, 0.717) is 6.42 Å². The fourth-order valence-electron chi connectivity index (χ4n) is 0.986. The second-order valence-corrected chi connectivity index (χ2v) is 3.26. The highest BCUT2D eigenvalue weighted by Gasteiger charge is 2.26. The maximum atomic E-state index is 11.7. The third-order valence-electron chi connectivity index (χ3n) is 1.72. The number of hydrogen-bond donors (Lipinski definition) is 2. The van der Waals surface area contributed by atoms with Crippen molar-refractivity contribution >= 4 is 5.91 Å². The average Bonchev–Trinajstić information content (AvgIpc) is 1.98. The Hall–Kier alpha value is -0.780. The average molecular weight is 212 g/mol. The molecule has 3 nitrogen and oxygen atoms in total. The summed E-state index contributed by atoms with van der Waals surface area (Å²) in [6.45, 7) is 1.73. The van der Waals surface area contributed by atoms with E-state index in [-0.39, 0.29) is 19.0 Å². The molecule has 0 spiro atoms. The van der Waals surface area contributed by atoms with E-state index in [9.17, 15) is 18.0 Å². The van der Waals surface area contributed by atoms with Crippen molar-refractivity contribution in [2.45, 2.75) is 38.4 Å². The van der Waals surface area contributed by atoms with Crippen molar-refractivity contribution in [3.63, 3.8) is 0 Å². The number of rotatable bonds is 6. The maximum Gasteiger partial charge on any atom is 0.389 e. The summed E-state index contributed by atoms with van der Waals surface area (Å²) in [5, 5.41) is 2.73. The number of amides is 1. The fraction of sp³-hybridized carbons (Fsp3) is 0.875. The standard InChI is InChI=1S/C8H15F3N2O/c1-6(13-5-7(12)14)3-2-4-8(9,10)11/h6,13H,2-5H2,1H3,(H2,12,14). The molecule has 6 heteroatoms. The topological polar surface area (TPSA) is 55.1 Å². The third kappa shape index (κ3) is 9.31. The molecule has 0 saturated carbocycles. The first-order chi connectivity index (χ1) is 6.31. The van der Waals surface area contributed by atoms with Crippen LogP contribution in [0.15, 0.2) is 0 Å². The van der Waals surface area contributed by atoms with Gasteiger partial charge in [0.15, 0.2) is 0 Å². The molecule has 0 heterocycles. The normalized spacial score (nSPS) is 14.0. The van der Waals surface area contributed by atoms with Gasteiger partial charge in [-0.25, -0.2) is 0 Å². The molecule has 0 bridgehead atoms. The van der Waals surface area contributed by atoms with E-state index < -0.39 is 18.5 Å². The van der Waals surface area contributed by atoms with E-state index in [1.165, 1.54) is 0 Å². The van der Waals surface area contributed by atoms with Gasteiger partial charge in [-0.05, 0) is 19.8 Å². The molecule has 0 aromatic carbocycles. The Balaban J connectivity index is 3.45. The summed E-state index contributed by atoms with van der Waals surface area (Å²) >= 11 is 0. The van der Waals surface area contributed by atoms with E-state index in [1.807, 2.05) is 0 Å². The Morgan fingerprint density at radius 3 is 2.50 bits per heavy atom. The Morgan fingerprint density at radius 1 is 1.50 bits per heavy atom. The molecule has 0 saturated heterocycles. The lowest BCUT2D eigenvalue weighted by atomic mass is 10.1. The molecule has 84 valence electrons. The minimum absolute atomic E-state index is 0.00713. The molecule has 0 aliphatic rings. The second-order valence-electron chi connectivity index (χ2n) is 3.26. The minimum atomic E-state index is -4.09. The number of nitrogens with two attached hydrogens (primary N) is 1. The largest absolute Gasteiger partial charge is 0.389 e. The number of halogens is 3. The number of hydrogen-bond acceptors (Lipinski definition) is 2. The first kappa shape index (κ1) is 13.2. The maximum absolute atomic E-state index is 11.7. The molecule has 0 rings (SSSR count). The minimum Gasteiger partial charge on any atom is -0.369 e. The predicted octanol–water partition coefficient (Wildman–Crippen LogP) is 1.18. The Morgan fingerprint density at radius 2 is 2.07 bits per heavy atom. The monoisotopic (exact) mass is 212 g/mol. The molecule has 3 N–H and O–H groups in total. The fourth-order valence-corrected chi connectivity index (χ4v) is 0.986. The van der Waals surface area contributed by atoms with Crippen molar-refractivity contribution in [1.82, 2.24) is 5.32 Å². The van der Waals surface area contributed by atoms with E-state index in [1.54, 1.807) is 6.92 Å². The van der Waals surface area contributed by atoms with E-state index in [4.69, 9.17) is 5.73 Å². The molecule has 0 radical (unpaired) electrons. The molecular formula is C8H15F3N2O. The molecule has 14 heavy (non-hydrogen) atoms. The number of nitrogens with one attached hydrogen (secondary N) is 1. The zero-order chi connectivity index (χ0) is 11.2. The van der Waals surface area contributed by atoms with Crippen molar-refractivity contribution in [1.29, 1.82) is 0 Å². The van der Waals surface area contributed by atoms with Crippen LogP contribution in [-0.4, -0.2) is 24.7 Å². The number of carbonyl (C=O) groups excluding carboxylic acids is 1. The highest BCUT2D eigenvalue weighted by molar-refractivity contribution is 5.75. The van der Waals surface area contributed by atoms with Crippen LogP contribution < -0.4 is 11.1 Å². The van der Waals surface area contributed by atoms with Gasteiger partial charge in [-0.15, -0.1) is 0 Å². The van der Waals surface area contributed by atoms with Crippen LogP contribution in [0.5, 0.6) is 0 Å². The van der Waals surface area contributed by atoms with Gasteiger partial charge in [-0.1, -0.05) is 0 Å². The lowest BCUT2D eigenvalue weighted by Crippen LogP contribution is -2.34. The zero-order valence-corrected chi connectivity index (χ0v) is 8.03. The molecule has 1 amide bonds. The number of primary amides is 1. The van der Waals surface area contributed by atoms with Gasteiger partial charge in [-0.2, -0.15) is 13.2 Å². The molecule has 1 unspecified atom stereocenters. The molecular weight excluding hydrogens is 197 g/mol. The van der Waals surface area contributed by atoms with Crippen LogP contribution in [0.2, 0.25) is 0 Å². The van der Waals surface area contributed by atoms with Crippen LogP contribution in [0.1, 0.15) is 26.2 Å². The van der Waals surface area contributed by atoms with Gasteiger partial charge in [0.25, 0.3) is 0 Å². The Labute approximate surface area is 80.8 Å². The summed E-state index contributed by atoms with van der Waals surface area (Å²) in [7, 11) is 0. The first-order valence-electron chi connectivity index (χ1n) is 4.39. The van der Waals surface area contributed by atoms with Crippen molar-refractivity contribution in [3.05, 3.63) is 0 Å². The Bertz CT molecular complexity index is 182. The quantitative estimate of drug-likeness (QED) is 0.694. The van der Waals surface area contributed by atoms with Gasteiger partial charge in [0, 0.05) is 12.5 Å². The van der Waals surface area contributed by atoms with Gasteiger partial charge in [0.2, 0.25) is 5.91 Å². The van der Waals surface area contributed by atoms with Crippen LogP contribution in [-0.2, 0) is 4.79 Å². The summed E-state index contributed by atoms with van der Waals surface area (Å²) in [5.41, 5.74) is 4.86. The van der Waals surface area contributed by atoms with Gasteiger partial charge < -0.3 is 11.1 Å². The van der Waals surface area contributed by atoms with Crippen molar-refractivity contribution < 1.29 is 18.0 Å². The highest BCUT2D eigenvalue weighted by Crippen LogP contribution is 2.22. The van der Waals surface area contributed by atoms with Crippen LogP contribution in [0.3, 0.4) is 0 Å². The molecule has 0 aliphatic heterocycles. The molecule has 0 aromatic rings. The summed E-state index contributed by atoms with van der Waals surface area (Å²) in [6.07, 6.45) is -4.43. The summed E-state index contributed by atoms with van der Waals surface area (Å²) in [5.74, 6) is -0.507. The second kappa shape index (κ2) is 5.85. The van der Waals surface area contributed by atoms with Crippen molar-refractivity contribution in [2.24, 2.45) is 5.73 Å². The smallest absolute Gasteiger partial charge is 0.369 e. The van der Waals surface area contributed by atoms with E-state index in [2.05, 4.69) is 5.32 Å². The van der Waals surface area contributed by atoms with Crippen LogP contribution in [0.4, 0.5) is 13.2 Å². The zero-order valence-electron chi connectivity index (χ0n) is 8.03. The molecule has 0 fully saturated rings. The van der Waals surface area contributed by atoms with E-state index >= 15 is 0 Å². The highest BCUT2D eigenvalue weighted by atomic mass is 19.4. The molecule has 0 aromatic heterocycles. The van der Waals surface area contributed by atoms with Gasteiger partial charge in [-0.3, -0.25) is 4.79 Å². The Kier molecular flexibility index (Phi) is 5.52. The predicted molar refractivity (Wildman–Crippen MR) is 46.6 cm³/mol. The SMILES string of the molecule is CC(CCCC(F)(F)F)NCC(N)=O. The number of carbonyl (C=O) groups is 1. The first-order valence-corrected chi connectivity index (χ1v) is 4.39. The summed E-state index contributed by atoms with van der Waals surface area (Å²) < 4.78 is 35.2. The van der Waals surface area contributed by atoms with Crippen molar-refractivity contribution in [3.8, 4) is 0 Å². The van der Waals surface area contributed by atoms with Gasteiger partial charge in [0.05, 0.1) is 6.54 Å². The van der Waals surface area contributed by atoms with E-state index in [0.717, 1.165) is 0 Å². The summed E-state index contributed by atoms with van der Waals surface area (Å²) in [4.78, 5) is 10.3. The van der Waals surface area contributed by atoms with Crippen LogP contribution >= 0.6 is 0 Å². The molecule has 0 aliphatic carbocycles. The lowest BCUT2D eigenvalue weighted by molar-refractivity contribution is -0.135. The number of alkyl halides is 3. The van der Waals surface area contributed by atoms with Crippen molar-refractivity contribution in [2.75, 3.05) is 6.54 Å². The third-order valence-corrected chi connectivity index (χ3v) is 1.72. The van der Waals surface area contributed by atoms with Crippen LogP contribution in [0, 0.1) is 0 Å². The van der Waals surface area contributed by atoms with Gasteiger partial charge in [0.1, 0.15) is 0 Å². The van der Waals surface area contributed by atoms with Gasteiger partial charge >= 0.3 is 6.18 Å². The summed E-state index contributed by atoms with van der Waals surface area (Å²) in [6, 6.07) is -0.121. The van der Waals surface area contributed by atoms with Crippen LogP contribution in [0.25, 0.3) is 0 Å². The lowest BCUT2D eigenvalue weighted by Gasteiger charge is -2.12. The molecule has 1 atom stereocenters.